The smallest absolute Gasteiger partial charge is 0.184 e. The van der Waals surface area contributed by atoms with Crippen LogP contribution in [0.2, 0.25) is 5.02 Å². The highest BCUT2D eigenvalue weighted by Crippen LogP contribution is 2.25. The molecule has 20 heavy (non-hydrogen) atoms. The number of aliphatic hydroxyl groups excluding tert-OH is 1. The van der Waals surface area contributed by atoms with E-state index in [1.165, 1.54) is 37.4 Å². The number of carbonyl (C=O) groups is 1. The van der Waals surface area contributed by atoms with Crippen molar-refractivity contribution in [3.05, 3.63) is 52.4 Å². The maximum absolute atomic E-state index is 11.5. The van der Waals surface area contributed by atoms with Gasteiger partial charge in [0.25, 0.3) is 0 Å². The SMILES string of the molecule is CC(=O)C1=C(Oc2cc(Cl)cc(C#N)c2)C(O)NC=C1. The topological polar surface area (TPSA) is 82.4 Å². The highest BCUT2D eigenvalue weighted by molar-refractivity contribution is 6.30. The number of allylic oxidation sites excluding steroid dienone is 2. The Morgan fingerprint density at radius 2 is 2.25 bits per heavy atom. The first-order valence-electron chi connectivity index (χ1n) is 5.75. The fraction of sp³-hybridized carbons (Fsp3) is 0.143. The van der Waals surface area contributed by atoms with Crippen LogP contribution in [0, 0.1) is 11.3 Å². The van der Waals surface area contributed by atoms with Gasteiger partial charge < -0.3 is 15.2 Å². The molecule has 0 saturated heterocycles. The van der Waals surface area contributed by atoms with Crippen LogP contribution in [0.1, 0.15) is 12.5 Å². The molecule has 2 rings (SSSR count). The van der Waals surface area contributed by atoms with Gasteiger partial charge in [0.05, 0.1) is 17.2 Å². The molecular formula is C14H11ClN2O3. The third-order valence-corrected chi connectivity index (χ3v) is 2.84. The quantitative estimate of drug-likeness (QED) is 0.888. The van der Waals surface area contributed by atoms with Crippen molar-refractivity contribution in [3.63, 3.8) is 0 Å². The minimum atomic E-state index is -1.14. The van der Waals surface area contributed by atoms with E-state index in [-0.39, 0.29) is 22.9 Å². The molecule has 1 aliphatic rings. The van der Waals surface area contributed by atoms with Gasteiger partial charge in [0.15, 0.2) is 17.8 Å². The van der Waals surface area contributed by atoms with Gasteiger partial charge in [-0.2, -0.15) is 5.26 Å². The van der Waals surface area contributed by atoms with Crippen LogP contribution in [-0.2, 0) is 4.79 Å². The Morgan fingerprint density at radius 1 is 1.50 bits per heavy atom. The zero-order valence-electron chi connectivity index (χ0n) is 10.6. The number of aliphatic hydroxyl groups is 1. The summed E-state index contributed by atoms with van der Waals surface area (Å²) in [5, 5.41) is 21.7. The van der Waals surface area contributed by atoms with Crippen molar-refractivity contribution in [1.82, 2.24) is 5.32 Å². The van der Waals surface area contributed by atoms with Crippen LogP contribution >= 0.6 is 11.6 Å². The summed E-state index contributed by atoms with van der Waals surface area (Å²) in [5.41, 5.74) is 0.584. The molecule has 102 valence electrons. The van der Waals surface area contributed by atoms with Crippen LogP contribution in [0.5, 0.6) is 5.75 Å². The maximum Gasteiger partial charge on any atom is 0.184 e. The number of rotatable bonds is 3. The highest BCUT2D eigenvalue weighted by atomic mass is 35.5. The van der Waals surface area contributed by atoms with Crippen molar-refractivity contribution in [2.24, 2.45) is 0 Å². The number of nitrogens with zero attached hydrogens (tertiary/aromatic N) is 1. The third kappa shape index (κ3) is 2.99. The second kappa shape index (κ2) is 5.78. The zero-order chi connectivity index (χ0) is 14.7. The lowest BCUT2D eigenvalue weighted by atomic mass is 10.1. The Balaban J connectivity index is 2.41. The molecular weight excluding hydrogens is 280 g/mol. The molecule has 6 heteroatoms. The average Bonchev–Trinajstić information content (AvgIpc) is 2.40. The highest BCUT2D eigenvalue weighted by Gasteiger charge is 2.22. The van der Waals surface area contributed by atoms with E-state index < -0.39 is 6.23 Å². The van der Waals surface area contributed by atoms with Gasteiger partial charge in [-0.05, 0) is 37.4 Å². The fourth-order valence-corrected chi connectivity index (χ4v) is 1.97. The van der Waals surface area contributed by atoms with Crippen LogP contribution in [-0.4, -0.2) is 17.1 Å². The molecule has 0 amide bonds. The lowest BCUT2D eigenvalue weighted by Gasteiger charge is -2.21. The fourth-order valence-electron chi connectivity index (χ4n) is 1.74. The van der Waals surface area contributed by atoms with Gasteiger partial charge in [0.2, 0.25) is 0 Å². The number of nitrogens with one attached hydrogen (secondary N) is 1. The lowest BCUT2D eigenvalue weighted by molar-refractivity contribution is -0.113. The van der Waals surface area contributed by atoms with Crippen molar-refractivity contribution in [3.8, 4) is 11.8 Å². The minimum absolute atomic E-state index is 0.0751. The molecule has 1 heterocycles. The van der Waals surface area contributed by atoms with E-state index in [0.29, 0.717) is 10.6 Å². The Labute approximate surface area is 120 Å². The predicted octanol–water partition coefficient (Wildman–Crippen LogP) is 1.87. The van der Waals surface area contributed by atoms with Crippen molar-refractivity contribution in [2.75, 3.05) is 0 Å². The number of carbonyl (C=O) groups excluding carboxylic acids is 1. The van der Waals surface area contributed by atoms with Crippen LogP contribution < -0.4 is 10.1 Å². The molecule has 0 aliphatic carbocycles. The number of dihydropyridines is 1. The molecule has 1 aliphatic heterocycles. The molecule has 0 fully saturated rings. The third-order valence-electron chi connectivity index (χ3n) is 2.63. The van der Waals surface area contributed by atoms with Gasteiger partial charge in [-0.25, -0.2) is 0 Å². The second-order valence-corrected chi connectivity index (χ2v) is 4.56. The van der Waals surface area contributed by atoms with Crippen LogP contribution in [0.3, 0.4) is 0 Å². The molecule has 1 atom stereocenters. The van der Waals surface area contributed by atoms with Gasteiger partial charge in [-0.3, -0.25) is 4.79 Å². The predicted molar refractivity (Wildman–Crippen MR) is 72.8 cm³/mol. The average molecular weight is 291 g/mol. The molecule has 0 saturated carbocycles. The summed E-state index contributed by atoms with van der Waals surface area (Å²) in [4.78, 5) is 11.5. The standard InChI is InChI=1S/C14H11ClN2O3/c1-8(18)12-2-3-17-14(19)13(12)20-11-5-9(7-16)4-10(15)6-11/h2-6,14,17,19H,1H3. The Bertz CT molecular complexity index is 659. The number of ether oxygens (including phenoxy) is 1. The van der Waals surface area contributed by atoms with Gasteiger partial charge in [0, 0.05) is 5.02 Å². The van der Waals surface area contributed by atoms with Crippen LogP contribution in [0.15, 0.2) is 41.8 Å². The molecule has 1 unspecified atom stereocenters. The van der Waals surface area contributed by atoms with E-state index in [0.717, 1.165) is 0 Å². The van der Waals surface area contributed by atoms with Crippen LogP contribution in [0.25, 0.3) is 0 Å². The summed E-state index contributed by atoms with van der Waals surface area (Å²) in [6.07, 6.45) is 1.84. The molecule has 5 nitrogen and oxygen atoms in total. The number of hydrogen-bond acceptors (Lipinski definition) is 5. The summed E-state index contributed by atoms with van der Waals surface area (Å²) >= 11 is 5.88. The largest absolute Gasteiger partial charge is 0.456 e. The number of Topliss-reactive ketones (excluding diaryl/α,β-unsaturated/α-hetero) is 1. The van der Waals surface area contributed by atoms with Gasteiger partial charge in [-0.1, -0.05) is 11.6 Å². The summed E-state index contributed by atoms with van der Waals surface area (Å²) in [7, 11) is 0. The minimum Gasteiger partial charge on any atom is -0.456 e. The molecule has 0 spiro atoms. The normalized spacial score (nSPS) is 17.4. The Kier molecular flexibility index (Phi) is 4.08. The van der Waals surface area contributed by atoms with E-state index >= 15 is 0 Å². The number of nitriles is 1. The van der Waals surface area contributed by atoms with Crippen molar-refractivity contribution in [1.29, 1.82) is 5.26 Å². The van der Waals surface area contributed by atoms with Crippen molar-refractivity contribution >= 4 is 17.4 Å². The monoisotopic (exact) mass is 290 g/mol. The Hall–Kier alpha value is -2.29. The number of ketones is 1. The maximum atomic E-state index is 11.5. The molecule has 2 N–H and O–H groups in total. The van der Waals surface area contributed by atoms with E-state index in [4.69, 9.17) is 21.6 Å². The summed E-state index contributed by atoms with van der Waals surface area (Å²) in [5.74, 6) is 0.115. The van der Waals surface area contributed by atoms with Crippen molar-refractivity contribution < 1.29 is 14.6 Å². The van der Waals surface area contributed by atoms with E-state index in [9.17, 15) is 9.90 Å². The molecule has 1 aromatic rings. The summed E-state index contributed by atoms with van der Waals surface area (Å²) in [6, 6.07) is 6.41. The summed E-state index contributed by atoms with van der Waals surface area (Å²) in [6.45, 7) is 1.37. The summed E-state index contributed by atoms with van der Waals surface area (Å²) < 4.78 is 5.52. The van der Waals surface area contributed by atoms with E-state index in [1.54, 1.807) is 0 Å². The molecule has 1 aromatic carbocycles. The van der Waals surface area contributed by atoms with E-state index in [2.05, 4.69) is 5.32 Å². The lowest BCUT2D eigenvalue weighted by Crippen LogP contribution is -2.33. The van der Waals surface area contributed by atoms with Crippen molar-refractivity contribution in [2.45, 2.75) is 13.2 Å². The van der Waals surface area contributed by atoms with Gasteiger partial charge >= 0.3 is 0 Å². The first-order valence-corrected chi connectivity index (χ1v) is 6.13. The number of hydrogen-bond donors (Lipinski definition) is 2. The second-order valence-electron chi connectivity index (χ2n) is 4.13. The van der Waals surface area contributed by atoms with E-state index in [1.807, 2.05) is 6.07 Å². The first kappa shape index (κ1) is 14.1. The Morgan fingerprint density at radius 3 is 2.90 bits per heavy atom. The molecule has 0 bridgehead atoms. The molecule has 0 aromatic heterocycles. The van der Waals surface area contributed by atoms with Gasteiger partial charge in [-0.15, -0.1) is 0 Å². The zero-order valence-corrected chi connectivity index (χ0v) is 11.3. The van der Waals surface area contributed by atoms with Gasteiger partial charge in [0.1, 0.15) is 5.75 Å². The van der Waals surface area contributed by atoms with Crippen LogP contribution in [0.4, 0.5) is 0 Å². The number of benzene rings is 1. The number of halogens is 1. The molecule has 0 radical (unpaired) electrons. The first-order chi connectivity index (χ1) is 9.51.